The van der Waals surface area contributed by atoms with Gasteiger partial charge in [0.05, 0.1) is 30.0 Å². The van der Waals surface area contributed by atoms with Gasteiger partial charge in [-0.15, -0.1) is 0 Å². The van der Waals surface area contributed by atoms with Crippen LogP contribution in [0.4, 0.5) is 0 Å². The third-order valence-corrected chi connectivity index (χ3v) is 4.15. The molecule has 22 heavy (non-hydrogen) atoms. The average molecular weight is 301 g/mol. The summed E-state index contributed by atoms with van der Waals surface area (Å²) in [5, 5.41) is 5.71. The number of para-hydroxylation sites is 1. The van der Waals surface area contributed by atoms with E-state index in [0.717, 1.165) is 16.6 Å². The molecule has 1 amide bonds. The molecule has 0 N–H and O–H groups in total. The number of morpholine rings is 1. The zero-order valence-electron chi connectivity index (χ0n) is 13.5. The van der Waals surface area contributed by atoms with Crippen LogP contribution in [0.5, 0.6) is 0 Å². The third-order valence-electron chi connectivity index (χ3n) is 4.15. The summed E-state index contributed by atoms with van der Waals surface area (Å²) in [6.45, 7) is 8.02. The standard InChI is InChI=1S/C17H23N3O2/c1-12-10-19(11-13(2)22-12)17(21)8-9-20-16-7-5-4-6-15(16)14(3)18-20/h4-7,12-13H,8-11H2,1-3H3/t12-,13-/m0/s1. The van der Waals surface area contributed by atoms with E-state index < -0.39 is 0 Å². The minimum Gasteiger partial charge on any atom is -0.372 e. The normalized spacial score (nSPS) is 22.2. The summed E-state index contributed by atoms with van der Waals surface area (Å²) in [6.07, 6.45) is 0.700. The predicted molar refractivity (Wildman–Crippen MR) is 85.7 cm³/mol. The fourth-order valence-electron chi connectivity index (χ4n) is 3.21. The van der Waals surface area contributed by atoms with Gasteiger partial charge in [0.25, 0.3) is 0 Å². The summed E-state index contributed by atoms with van der Waals surface area (Å²) in [5.41, 5.74) is 2.10. The largest absolute Gasteiger partial charge is 0.372 e. The Morgan fingerprint density at radius 3 is 2.68 bits per heavy atom. The van der Waals surface area contributed by atoms with Crippen molar-refractivity contribution in [3.8, 4) is 0 Å². The van der Waals surface area contributed by atoms with Crippen LogP contribution in [0.3, 0.4) is 0 Å². The molecule has 1 fully saturated rings. The van der Waals surface area contributed by atoms with Crippen molar-refractivity contribution in [2.24, 2.45) is 0 Å². The third kappa shape index (κ3) is 2.99. The second-order valence-corrected chi connectivity index (χ2v) is 6.13. The van der Waals surface area contributed by atoms with Crippen LogP contribution in [-0.2, 0) is 16.1 Å². The topological polar surface area (TPSA) is 47.4 Å². The van der Waals surface area contributed by atoms with Gasteiger partial charge in [-0.05, 0) is 26.8 Å². The number of aryl methyl sites for hydroxylation is 2. The van der Waals surface area contributed by atoms with Crippen molar-refractivity contribution in [2.75, 3.05) is 13.1 Å². The van der Waals surface area contributed by atoms with Crippen molar-refractivity contribution >= 4 is 16.8 Å². The Balaban J connectivity index is 1.67. The molecular formula is C17H23N3O2. The molecule has 3 rings (SSSR count). The molecule has 0 radical (unpaired) electrons. The molecule has 0 unspecified atom stereocenters. The van der Waals surface area contributed by atoms with Crippen LogP contribution in [0, 0.1) is 6.92 Å². The highest BCUT2D eigenvalue weighted by atomic mass is 16.5. The van der Waals surface area contributed by atoms with E-state index in [1.165, 1.54) is 0 Å². The first-order valence-corrected chi connectivity index (χ1v) is 7.90. The monoisotopic (exact) mass is 301 g/mol. The molecule has 1 saturated heterocycles. The molecule has 0 bridgehead atoms. The molecule has 2 aromatic rings. The lowest BCUT2D eigenvalue weighted by atomic mass is 10.2. The molecule has 5 heteroatoms. The number of hydrogen-bond acceptors (Lipinski definition) is 3. The van der Waals surface area contributed by atoms with Crippen LogP contribution < -0.4 is 0 Å². The number of fused-ring (bicyclic) bond motifs is 1. The lowest BCUT2D eigenvalue weighted by Crippen LogP contribution is -2.48. The highest BCUT2D eigenvalue weighted by molar-refractivity contribution is 5.82. The molecule has 0 saturated carbocycles. The van der Waals surface area contributed by atoms with Gasteiger partial charge in [-0.2, -0.15) is 5.10 Å². The smallest absolute Gasteiger partial charge is 0.224 e. The van der Waals surface area contributed by atoms with E-state index in [9.17, 15) is 4.79 Å². The van der Waals surface area contributed by atoms with Gasteiger partial charge >= 0.3 is 0 Å². The van der Waals surface area contributed by atoms with Gasteiger partial charge < -0.3 is 9.64 Å². The van der Waals surface area contributed by atoms with Crippen molar-refractivity contribution in [1.82, 2.24) is 14.7 Å². The van der Waals surface area contributed by atoms with E-state index in [1.807, 2.05) is 42.5 Å². The Hall–Kier alpha value is -1.88. The first-order chi connectivity index (χ1) is 10.5. The number of amides is 1. The van der Waals surface area contributed by atoms with Crippen LogP contribution in [-0.4, -0.2) is 45.9 Å². The molecule has 1 aliphatic rings. The minimum absolute atomic E-state index is 0.112. The summed E-state index contributed by atoms with van der Waals surface area (Å²) >= 11 is 0. The van der Waals surface area contributed by atoms with Gasteiger partial charge in [-0.25, -0.2) is 0 Å². The van der Waals surface area contributed by atoms with E-state index in [-0.39, 0.29) is 18.1 Å². The second-order valence-electron chi connectivity index (χ2n) is 6.13. The van der Waals surface area contributed by atoms with E-state index in [2.05, 4.69) is 17.2 Å². The van der Waals surface area contributed by atoms with Gasteiger partial charge in [0, 0.05) is 24.9 Å². The number of aromatic nitrogens is 2. The summed E-state index contributed by atoms with van der Waals surface area (Å²) in [6, 6.07) is 8.15. The predicted octanol–water partition coefficient (Wildman–Crippen LogP) is 2.37. The fraction of sp³-hybridized carbons (Fsp3) is 0.529. The Kier molecular flexibility index (Phi) is 4.16. The molecule has 0 spiro atoms. The number of nitrogens with zero attached hydrogens (tertiary/aromatic N) is 3. The Bertz CT molecular complexity index is 670. The molecule has 118 valence electrons. The molecule has 1 aliphatic heterocycles. The Morgan fingerprint density at radius 2 is 1.95 bits per heavy atom. The zero-order chi connectivity index (χ0) is 15.7. The number of carbonyl (C=O) groups excluding carboxylic acids is 1. The summed E-state index contributed by atoms with van der Waals surface area (Å²) in [4.78, 5) is 14.3. The summed E-state index contributed by atoms with van der Waals surface area (Å²) in [5.74, 6) is 0.180. The molecule has 2 atom stereocenters. The maximum atomic E-state index is 12.4. The number of carbonyl (C=O) groups is 1. The van der Waals surface area contributed by atoms with Gasteiger partial charge in [-0.1, -0.05) is 18.2 Å². The van der Waals surface area contributed by atoms with Crippen molar-refractivity contribution in [3.63, 3.8) is 0 Å². The highest BCUT2D eigenvalue weighted by Gasteiger charge is 2.25. The number of benzene rings is 1. The first kappa shape index (κ1) is 15.0. The fourth-order valence-corrected chi connectivity index (χ4v) is 3.21. The number of ether oxygens (including phenoxy) is 1. The van der Waals surface area contributed by atoms with Gasteiger partial charge in [0.15, 0.2) is 0 Å². The first-order valence-electron chi connectivity index (χ1n) is 7.90. The Labute approximate surface area is 130 Å². The van der Waals surface area contributed by atoms with Gasteiger partial charge in [0.2, 0.25) is 5.91 Å². The SMILES string of the molecule is Cc1nn(CCC(=O)N2C[C@H](C)O[C@@H](C)C2)c2ccccc12. The van der Waals surface area contributed by atoms with Crippen LogP contribution in [0.2, 0.25) is 0 Å². The van der Waals surface area contributed by atoms with Crippen LogP contribution in [0.1, 0.15) is 26.0 Å². The molecular weight excluding hydrogens is 278 g/mol. The van der Waals surface area contributed by atoms with E-state index in [1.54, 1.807) is 0 Å². The quantitative estimate of drug-likeness (QED) is 0.874. The van der Waals surface area contributed by atoms with Crippen LogP contribution >= 0.6 is 0 Å². The summed E-state index contributed by atoms with van der Waals surface area (Å²) in [7, 11) is 0. The zero-order valence-corrected chi connectivity index (χ0v) is 13.5. The highest BCUT2D eigenvalue weighted by Crippen LogP contribution is 2.18. The van der Waals surface area contributed by atoms with Crippen molar-refractivity contribution in [2.45, 2.75) is 45.9 Å². The van der Waals surface area contributed by atoms with Crippen molar-refractivity contribution in [1.29, 1.82) is 0 Å². The summed E-state index contributed by atoms with van der Waals surface area (Å²) < 4.78 is 7.62. The molecule has 2 heterocycles. The molecule has 1 aromatic carbocycles. The van der Waals surface area contributed by atoms with E-state index in [0.29, 0.717) is 26.1 Å². The maximum Gasteiger partial charge on any atom is 0.224 e. The van der Waals surface area contributed by atoms with Gasteiger partial charge in [0.1, 0.15) is 0 Å². The number of rotatable bonds is 3. The van der Waals surface area contributed by atoms with E-state index >= 15 is 0 Å². The van der Waals surface area contributed by atoms with Crippen molar-refractivity contribution < 1.29 is 9.53 Å². The van der Waals surface area contributed by atoms with Crippen LogP contribution in [0.15, 0.2) is 24.3 Å². The number of hydrogen-bond donors (Lipinski definition) is 0. The minimum atomic E-state index is 0.112. The Morgan fingerprint density at radius 1 is 1.27 bits per heavy atom. The van der Waals surface area contributed by atoms with E-state index in [4.69, 9.17) is 4.74 Å². The average Bonchev–Trinajstić information content (AvgIpc) is 2.81. The lowest BCUT2D eigenvalue weighted by Gasteiger charge is -2.35. The van der Waals surface area contributed by atoms with Crippen LogP contribution in [0.25, 0.3) is 10.9 Å². The molecule has 1 aromatic heterocycles. The maximum absolute atomic E-state index is 12.4. The van der Waals surface area contributed by atoms with Gasteiger partial charge in [-0.3, -0.25) is 9.48 Å². The lowest BCUT2D eigenvalue weighted by molar-refractivity contribution is -0.143. The van der Waals surface area contributed by atoms with Crippen molar-refractivity contribution in [3.05, 3.63) is 30.0 Å². The second kappa shape index (κ2) is 6.08. The molecule has 5 nitrogen and oxygen atoms in total. The molecule has 0 aliphatic carbocycles.